The number of nitrogens with zero attached hydrogens (tertiary/aromatic N) is 1. The Balaban J connectivity index is 3.58. The fourth-order valence-electron chi connectivity index (χ4n) is 1.04. The fourth-order valence-corrected chi connectivity index (χ4v) is 1.04. The first-order valence-electron chi connectivity index (χ1n) is 4.42. The molecular weight excluding hydrogens is 138 g/mol. The van der Waals surface area contributed by atoms with Crippen molar-refractivity contribution in [1.82, 2.24) is 4.90 Å². The van der Waals surface area contributed by atoms with E-state index in [4.69, 9.17) is 5.11 Å². The first-order chi connectivity index (χ1) is 5.11. The van der Waals surface area contributed by atoms with E-state index < -0.39 is 0 Å². The van der Waals surface area contributed by atoms with Crippen LogP contribution in [-0.4, -0.2) is 36.2 Å². The Bertz CT molecular complexity index is 95.6. The molecule has 68 valence electrons. The largest absolute Gasteiger partial charge is 0.396 e. The standard InChI is InChI=1S/C9H21NO/c1-5-9(3)10(4)6-8(2)7-11/h8-9,11H,5-7H2,1-4H3. The van der Waals surface area contributed by atoms with Crippen molar-refractivity contribution < 1.29 is 5.11 Å². The average Bonchev–Trinajstić information content (AvgIpc) is 2.02. The molecule has 0 aliphatic carbocycles. The van der Waals surface area contributed by atoms with Crippen LogP contribution in [0.15, 0.2) is 0 Å². The van der Waals surface area contributed by atoms with Crippen LogP contribution in [0.3, 0.4) is 0 Å². The summed E-state index contributed by atoms with van der Waals surface area (Å²) >= 11 is 0. The molecule has 0 heterocycles. The van der Waals surface area contributed by atoms with Gasteiger partial charge in [0.05, 0.1) is 0 Å². The minimum atomic E-state index is 0.292. The van der Waals surface area contributed by atoms with Gasteiger partial charge in [0.25, 0.3) is 0 Å². The molecule has 0 aliphatic rings. The quantitative estimate of drug-likeness (QED) is 0.654. The minimum Gasteiger partial charge on any atom is -0.396 e. The first-order valence-corrected chi connectivity index (χ1v) is 4.42. The second-order valence-corrected chi connectivity index (χ2v) is 3.48. The summed E-state index contributed by atoms with van der Waals surface area (Å²) in [7, 11) is 2.11. The second-order valence-electron chi connectivity index (χ2n) is 3.48. The Morgan fingerprint density at radius 1 is 1.36 bits per heavy atom. The van der Waals surface area contributed by atoms with Crippen LogP contribution < -0.4 is 0 Å². The van der Waals surface area contributed by atoms with Gasteiger partial charge in [0.1, 0.15) is 0 Å². The predicted molar refractivity (Wildman–Crippen MR) is 48.6 cm³/mol. The Labute approximate surface area is 70.2 Å². The summed E-state index contributed by atoms with van der Waals surface area (Å²) in [5.41, 5.74) is 0. The number of rotatable bonds is 5. The van der Waals surface area contributed by atoms with Gasteiger partial charge in [0.15, 0.2) is 0 Å². The zero-order valence-electron chi connectivity index (χ0n) is 8.17. The zero-order valence-corrected chi connectivity index (χ0v) is 8.17. The van der Waals surface area contributed by atoms with E-state index in [9.17, 15) is 0 Å². The van der Waals surface area contributed by atoms with Crippen LogP contribution in [0.25, 0.3) is 0 Å². The van der Waals surface area contributed by atoms with E-state index in [1.807, 2.05) is 0 Å². The normalized spacial score (nSPS) is 16.9. The molecule has 0 amide bonds. The average molecular weight is 159 g/mol. The van der Waals surface area contributed by atoms with E-state index >= 15 is 0 Å². The topological polar surface area (TPSA) is 23.5 Å². The van der Waals surface area contributed by atoms with E-state index in [1.54, 1.807) is 0 Å². The first kappa shape index (κ1) is 10.9. The van der Waals surface area contributed by atoms with Crippen LogP contribution in [0.5, 0.6) is 0 Å². The van der Waals surface area contributed by atoms with Crippen molar-refractivity contribution in [1.29, 1.82) is 0 Å². The van der Waals surface area contributed by atoms with Gasteiger partial charge in [-0.3, -0.25) is 0 Å². The molecular formula is C9H21NO. The van der Waals surface area contributed by atoms with Gasteiger partial charge >= 0.3 is 0 Å². The monoisotopic (exact) mass is 159 g/mol. The molecule has 0 saturated carbocycles. The Kier molecular flexibility index (Phi) is 5.51. The summed E-state index contributed by atoms with van der Waals surface area (Å²) in [6.45, 7) is 7.75. The molecule has 2 atom stereocenters. The smallest absolute Gasteiger partial charge is 0.0468 e. The summed E-state index contributed by atoms with van der Waals surface area (Å²) in [6.07, 6.45) is 1.18. The lowest BCUT2D eigenvalue weighted by atomic mass is 10.1. The number of aliphatic hydroxyl groups excluding tert-OH is 1. The molecule has 0 aliphatic heterocycles. The van der Waals surface area contributed by atoms with Crippen LogP contribution in [0, 0.1) is 5.92 Å². The fraction of sp³-hybridized carbons (Fsp3) is 1.00. The molecule has 0 aromatic heterocycles. The molecule has 0 spiro atoms. The maximum atomic E-state index is 8.81. The molecule has 0 saturated heterocycles. The van der Waals surface area contributed by atoms with Crippen LogP contribution in [0.1, 0.15) is 27.2 Å². The van der Waals surface area contributed by atoms with E-state index in [0.717, 1.165) is 6.54 Å². The summed E-state index contributed by atoms with van der Waals surface area (Å²) in [6, 6.07) is 0.629. The molecule has 0 rings (SSSR count). The van der Waals surface area contributed by atoms with Crippen molar-refractivity contribution in [2.24, 2.45) is 5.92 Å². The van der Waals surface area contributed by atoms with Crippen LogP contribution in [0.4, 0.5) is 0 Å². The van der Waals surface area contributed by atoms with Crippen molar-refractivity contribution in [3.63, 3.8) is 0 Å². The van der Waals surface area contributed by atoms with Gasteiger partial charge in [-0.1, -0.05) is 13.8 Å². The van der Waals surface area contributed by atoms with Gasteiger partial charge in [-0.15, -0.1) is 0 Å². The van der Waals surface area contributed by atoms with Crippen molar-refractivity contribution in [3.05, 3.63) is 0 Å². The van der Waals surface area contributed by atoms with Crippen LogP contribution >= 0.6 is 0 Å². The summed E-state index contributed by atoms with van der Waals surface area (Å²) in [4.78, 5) is 2.29. The van der Waals surface area contributed by atoms with E-state index in [2.05, 4.69) is 32.7 Å². The van der Waals surface area contributed by atoms with E-state index in [1.165, 1.54) is 6.42 Å². The number of aliphatic hydroxyl groups is 1. The molecule has 2 nitrogen and oxygen atoms in total. The number of hydrogen-bond acceptors (Lipinski definition) is 2. The Morgan fingerprint density at radius 2 is 1.91 bits per heavy atom. The number of hydrogen-bond donors (Lipinski definition) is 1. The molecule has 2 heteroatoms. The highest BCUT2D eigenvalue weighted by Gasteiger charge is 2.09. The van der Waals surface area contributed by atoms with Crippen molar-refractivity contribution in [2.45, 2.75) is 33.2 Å². The highest BCUT2D eigenvalue weighted by atomic mass is 16.3. The molecule has 0 fully saturated rings. The summed E-state index contributed by atoms with van der Waals surface area (Å²) < 4.78 is 0. The molecule has 0 aromatic carbocycles. The SMILES string of the molecule is CCC(C)N(C)CC(C)CO. The van der Waals surface area contributed by atoms with Gasteiger partial charge in [-0.05, 0) is 26.3 Å². The third-order valence-corrected chi connectivity index (χ3v) is 2.25. The van der Waals surface area contributed by atoms with E-state index in [-0.39, 0.29) is 0 Å². The van der Waals surface area contributed by atoms with Crippen molar-refractivity contribution >= 4 is 0 Å². The molecule has 0 bridgehead atoms. The maximum Gasteiger partial charge on any atom is 0.0468 e. The third kappa shape index (κ3) is 4.38. The van der Waals surface area contributed by atoms with Gasteiger partial charge in [-0.25, -0.2) is 0 Å². The molecule has 2 unspecified atom stereocenters. The van der Waals surface area contributed by atoms with Gasteiger partial charge in [0, 0.05) is 19.2 Å². The van der Waals surface area contributed by atoms with E-state index in [0.29, 0.717) is 18.6 Å². The lowest BCUT2D eigenvalue weighted by Gasteiger charge is -2.25. The van der Waals surface area contributed by atoms with Crippen LogP contribution in [-0.2, 0) is 0 Å². The lowest BCUT2D eigenvalue weighted by Crippen LogP contribution is -2.33. The van der Waals surface area contributed by atoms with Gasteiger partial charge in [0.2, 0.25) is 0 Å². The van der Waals surface area contributed by atoms with Crippen LogP contribution in [0.2, 0.25) is 0 Å². The highest BCUT2D eigenvalue weighted by molar-refractivity contribution is 4.63. The van der Waals surface area contributed by atoms with Crippen molar-refractivity contribution in [3.8, 4) is 0 Å². The molecule has 0 aromatic rings. The van der Waals surface area contributed by atoms with Gasteiger partial charge in [-0.2, -0.15) is 0 Å². The highest BCUT2D eigenvalue weighted by Crippen LogP contribution is 2.03. The van der Waals surface area contributed by atoms with Crippen molar-refractivity contribution in [2.75, 3.05) is 20.2 Å². The minimum absolute atomic E-state index is 0.292. The summed E-state index contributed by atoms with van der Waals surface area (Å²) in [5.74, 6) is 0.397. The summed E-state index contributed by atoms with van der Waals surface area (Å²) in [5, 5.41) is 8.81. The molecule has 0 radical (unpaired) electrons. The molecule has 11 heavy (non-hydrogen) atoms. The third-order valence-electron chi connectivity index (χ3n) is 2.25. The van der Waals surface area contributed by atoms with Gasteiger partial charge < -0.3 is 10.0 Å². The zero-order chi connectivity index (χ0) is 8.85. The molecule has 1 N–H and O–H groups in total. The lowest BCUT2D eigenvalue weighted by molar-refractivity contribution is 0.165. The predicted octanol–water partition coefficient (Wildman–Crippen LogP) is 1.35. The second kappa shape index (κ2) is 5.56. The maximum absolute atomic E-state index is 8.81. The Hall–Kier alpha value is -0.0800. The Morgan fingerprint density at radius 3 is 2.27 bits per heavy atom.